The first-order valence-corrected chi connectivity index (χ1v) is 11.3. The number of halogens is 1. The summed E-state index contributed by atoms with van der Waals surface area (Å²) in [5.74, 6) is -0.939. The molecule has 3 aromatic rings. The first-order chi connectivity index (χ1) is 15.2. The molecule has 0 saturated heterocycles. The standard InChI is InChI=1S/C22H17ClN4O4S/c1-13-11-15(25-22(30)26-32(24,31)16-5-3-2-4-6-16)8-10-19(13)27-20(28)17-9-7-14(23)12-18(17)21(27)29/h2-12H,1H3,(H3,24,25,26,30,31). The van der Waals surface area contributed by atoms with Crippen LogP contribution >= 0.6 is 11.6 Å². The van der Waals surface area contributed by atoms with Crippen LogP contribution in [-0.2, 0) is 9.92 Å². The molecule has 32 heavy (non-hydrogen) atoms. The van der Waals surface area contributed by atoms with Gasteiger partial charge in [-0.25, -0.2) is 23.4 Å². The van der Waals surface area contributed by atoms with E-state index in [0.29, 0.717) is 22.0 Å². The van der Waals surface area contributed by atoms with Crippen LogP contribution in [0.1, 0.15) is 26.3 Å². The lowest BCUT2D eigenvalue weighted by Gasteiger charge is -2.18. The van der Waals surface area contributed by atoms with Crippen LogP contribution in [0.15, 0.2) is 71.6 Å². The summed E-state index contributed by atoms with van der Waals surface area (Å²) in [5, 5.41) is 2.88. The number of nitrogens with zero attached hydrogens (tertiary/aromatic N) is 1. The van der Waals surface area contributed by atoms with Crippen molar-refractivity contribution in [3.05, 3.63) is 88.4 Å². The number of carbonyl (C=O) groups excluding carboxylic acids is 3. The van der Waals surface area contributed by atoms with E-state index in [-0.39, 0.29) is 16.0 Å². The van der Waals surface area contributed by atoms with Crippen molar-refractivity contribution in [2.45, 2.75) is 11.8 Å². The highest BCUT2D eigenvalue weighted by Gasteiger charge is 2.37. The summed E-state index contributed by atoms with van der Waals surface area (Å²) in [7, 11) is -3.53. The molecule has 0 fully saturated rings. The maximum atomic E-state index is 12.8. The minimum atomic E-state index is -3.53. The van der Waals surface area contributed by atoms with Gasteiger partial charge in [-0.15, -0.1) is 0 Å². The second kappa shape index (κ2) is 8.10. The van der Waals surface area contributed by atoms with Crippen LogP contribution in [0.3, 0.4) is 0 Å². The number of benzene rings is 3. The third-order valence-corrected chi connectivity index (χ3v) is 6.50. The Hall–Kier alpha value is -3.69. The number of hydrogen-bond acceptors (Lipinski definition) is 5. The highest BCUT2D eigenvalue weighted by molar-refractivity contribution is 7.91. The molecule has 0 bridgehead atoms. The molecular formula is C22H17ClN4O4S. The molecule has 0 spiro atoms. The Morgan fingerprint density at radius 2 is 1.66 bits per heavy atom. The largest absolute Gasteiger partial charge is 0.331 e. The lowest BCUT2D eigenvalue weighted by atomic mass is 10.1. The summed E-state index contributed by atoms with van der Waals surface area (Å²) >= 11 is 5.95. The number of anilines is 2. The van der Waals surface area contributed by atoms with Crippen molar-refractivity contribution < 1.29 is 18.6 Å². The predicted octanol–water partition coefficient (Wildman–Crippen LogP) is 4.59. The summed E-state index contributed by atoms with van der Waals surface area (Å²) in [6, 6.07) is 16.2. The maximum absolute atomic E-state index is 12.8. The molecule has 162 valence electrons. The number of amides is 4. The van der Waals surface area contributed by atoms with Crippen molar-refractivity contribution in [3.8, 4) is 0 Å². The second-order valence-electron chi connectivity index (χ2n) is 7.06. The molecule has 1 heterocycles. The van der Waals surface area contributed by atoms with E-state index in [2.05, 4.69) is 10.0 Å². The van der Waals surface area contributed by atoms with E-state index < -0.39 is 27.8 Å². The molecule has 4 rings (SSSR count). The number of imide groups is 1. The minimum absolute atomic E-state index is 0.174. The van der Waals surface area contributed by atoms with E-state index in [1.807, 2.05) is 0 Å². The van der Waals surface area contributed by atoms with Crippen LogP contribution in [-0.4, -0.2) is 22.1 Å². The van der Waals surface area contributed by atoms with Gasteiger partial charge in [-0.05, 0) is 61.0 Å². The van der Waals surface area contributed by atoms with Crippen molar-refractivity contribution in [3.63, 3.8) is 0 Å². The molecule has 8 nitrogen and oxygen atoms in total. The molecule has 3 aromatic carbocycles. The number of fused-ring (bicyclic) bond motifs is 1. The first kappa shape index (κ1) is 21.5. The van der Waals surface area contributed by atoms with Gasteiger partial charge in [-0.1, -0.05) is 29.8 Å². The van der Waals surface area contributed by atoms with Gasteiger partial charge in [0.25, 0.3) is 11.8 Å². The van der Waals surface area contributed by atoms with E-state index in [0.717, 1.165) is 4.90 Å². The van der Waals surface area contributed by atoms with E-state index in [1.54, 1.807) is 37.3 Å². The van der Waals surface area contributed by atoms with Crippen molar-refractivity contribution in [2.24, 2.45) is 0 Å². The average Bonchev–Trinajstić information content (AvgIpc) is 2.98. The van der Waals surface area contributed by atoms with Crippen LogP contribution in [0.5, 0.6) is 0 Å². The zero-order chi connectivity index (χ0) is 23.0. The van der Waals surface area contributed by atoms with Crippen molar-refractivity contribution in [1.82, 2.24) is 4.72 Å². The fraction of sp³-hybridized carbons (Fsp3) is 0.0455. The van der Waals surface area contributed by atoms with E-state index >= 15 is 0 Å². The number of hydrogen-bond donors (Lipinski definition) is 3. The molecule has 1 aliphatic rings. The number of rotatable bonds is 4. The Labute approximate surface area is 189 Å². The number of urea groups is 1. The third kappa shape index (κ3) is 3.95. The number of aryl methyl sites for hydroxylation is 1. The summed E-state index contributed by atoms with van der Waals surface area (Å²) < 4.78 is 22.6. The lowest BCUT2D eigenvalue weighted by molar-refractivity contribution is 0.0926. The third-order valence-electron chi connectivity index (χ3n) is 4.86. The molecule has 0 saturated carbocycles. The monoisotopic (exact) mass is 468 g/mol. The van der Waals surface area contributed by atoms with Gasteiger partial charge >= 0.3 is 6.03 Å². The van der Waals surface area contributed by atoms with Gasteiger partial charge in [0.05, 0.1) is 21.7 Å². The van der Waals surface area contributed by atoms with Crippen molar-refractivity contribution >= 4 is 50.7 Å². The van der Waals surface area contributed by atoms with Crippen LogP contribution in [0.4, 0.5) is 16.2 Å². The molecule has 1 atom stereocenters. The Morgan fingerprint density at radius 3 is 2.34 bits per heavy atom. The molecule has 0 aliphatic carbocycles. The Kier molecular flexibility index (Phi) is 5.45. The zero-order valence-electron chi connectivity index (χ0n) is 16.7. The van der Waals surface area contributed by atoms with Crippen molar-refractivity contribution in [1.29, 1.82) is 4.78 Å². The summed E-state index contributed by atoms with van der Waals surface area (Å²) in [6.45, 7) is 1.69. The Morgan fingerprint density at radius 1 is 0.969 bits per heavy atom. The van der Waals surface area contributed by atoms with E-state index in [1.165, 1.54) is 36.4 Å². The quantitative estimate of drug-likeness (QED) is 0.485. The topological polar surface area (TPSA) is 119 Å². The normalized spacial score (nSPS) is 14.6. The molecule has 1 unspecified atom stereocenters. The molecule has 0 aromatic heterocycles. The van der Waals surface area contributed by atoms with Gasteiger partial charge in [-0.2, -0.15) is 0 Å². The van der Waals surface area contributed by atoms with E-state index in [4.69, 9.17) is 16.4 Å². The minimum Gasteiger partial charge on any atom is -0.307 e. The van der Waals surface area contributed by atoms with Gasteiger partial charge < -0.3 is 5.32 Å². The van der Waals surface area contributed by atoms with Crippen LogP contribution in [0, 0.1) is 11.7 Å². The zero-order valence-corrected chi connectivity index (χ0v) is 18.3. The Bertz CT molecular complexity index is 1370. The number of carbonyl (C=O) groups is 3. The summed E-state index contributed by atoms with van der Waals surface area (Å²) in [4.78, 5) is 39.1. The first-order valence-electron chi connectivity index (χ1n) is 9.39. The summed E-state index contributed by atoms with van der Waals surface area (Å²) in [6.07, 6.45) is 0. The SMILES string of the molecule is Cc1cc(NC(=O)NS(=N)(=O)c2ccccc2)ccc1N1C(=O)c2ccc(Cl)cc2C1=O. The van der Waals surface area contributed by atoms with Crippen LogP contribution < -0.4 is 14.9 Å². The maximum Gasteiger partial charge on any atom is 0.331 e. The van der Waals surface area contributed by atoms with Crippen molar-refractivity contribution in [2.75, 3.05) is 10.2 Å². The average molecular weight is 469 g/mol. The molecule has 0 radical (unpaired) electrons. The molecule has 4 amide bonds. The highest BCUT2D eigenvalue weighted by Crippen LogP contribution is 2.33. The Balaban J connectivity index is 1.53. The summed E-state index contributed by atoms with van der Waals surface area (Å²) in [5.41, 5.74) is 1.76. The van der Waals surface area contributed by atoms with Gasteiger partial charge in [-0.3, -0.25) is 9.59 Å². The molecule has 3 N–H and O–H groups in total. The highest BCUT2D eigenvalue weighted by atomic mass is 35.5. The number of nitrogens with one attached hydrogen (secondary N) is 3. The van der Waals surface area contributed by atoms with Gasteiger partial charge in [0.2, 0.25) is 0 Å². The predicted molar refractivity (Wildman–Crippen MR) is 121 cm³/mol. The van der Waals surface area contributed by atoms with Gasteiger partial charge in [0.15, 0.2) is 9.92 Å². The smallest absolute Gasteiger partial charge is 0.307 e. The van der Waals surface area contributed by atoms with Crippen LogP contribution in [0.2, 0.25) is 5.02 Å². The molecule has 1 aliphatic heterocycles. The fourth-order valence-electron chi connectivity index (χ4n) is 3.37. The lowest BCUT2D eigenvalue weighted by Crippen LogP contribution is -2.33. The van der Waals surface area contributed by atoms with Gasteiger partial charge in [0, 0.05) is 10.7 Å². The van der Waals surface area contributed by atoms with Crippen LogP contribution in [0.25, 0.3) is 0 Å². The van der Waals surface area contributed by atoms with E-state index in [9.17, 15) is 18.6 Å². The molecule has 10 heteroatoms. The fourth-order valence-corrected chi connectivity index (χ4v) is 4.52. The second-order valence-corrected chi connectivity index (χ2v) is 9.29. The van der Waals surface area contributed by atoms with Gasteiger partial charge in [0.1, 0.15) is 0 Å². The molecular weight excluding hydrogens is 452 g/mol.